The van der Waals surface area contributed by atoms with Crippen molar-refractivity contribution >= 4 is 11.6 Å². The van der Waals surface area contributed by atoms with E-state index in [2.05, 4.69) is 5.32 Å². The zero-order valence-corrected chi connectivity index (χ0v) is 11.3. The number of rotatable bonds is 5. The highest BCUT2D eigenvalue weighted by atomic mass is 16.6. The summed E-state index contributed by atoms with van der Waals surface area (Å²) in [6.45, 7) is 1.47. The van der Waals surface area contributed by atoms with Gasteiger partial charge in [0.1, 0.15) is 11.4 Å². The van der Waals surface area contributed by atoms with Crippen LogP contribution in [0.3, 0.4) is 0 Å². The number of nitrogens with one attached hydrogen (secondary N) is 1. The molecule has 0 saturated carbocycles. The standard InChI is InChI=1S/C14H14N2O5/c1-14(18,12-3-2-8-21-12)9-15-13(17)10-4-6-11(7-5-10)16(19)20/h2-8,18H,9H2,1H3,(H,15,17). The first-order valence-electron chi connectivity index (χ1n) is 6.19. The molecule has 2 N–H and O–H groups in total. The van der Waals surface area contributed by atoms with Crippen LogP contribution in [-0.4, -0.2) is 22.5 Å². The maximum atomic E-state index is 11.9. The van der Waals surface area contributed by atoms with E-state index in [1.807, 2.05) is 0 Å². The highest BCUT2D eigenvalue weighted by Crippen LogP contribution is 2.20. The molecule has 0 fully saturated rings. The summed E-state index contributed by atoms with van der Waals surface area (Å²) in [6.07, 6.45) is 1.43. The third-order valence-corrected chi connectivity index (χ3v) is 2.99. The Bertz CT molecular complexity index is 632. The summed E-state index contributed by atoms with van der Waals surface area (Å²) in [5.74, 6) is -0.0942. The molecule has 2 aromatic rings. The molecule has 0 radical (unpaired) electrons. The van der Waals surface area contributed by atoms with E-state index in [4.69, 9.17) is 4.42 Å². The van der Waals surface area contributed by atoms with E-state index < -0.39 is 16.4 Å². The summed E-state index contributed by atoms with van der Waals surface area (Å²) in [5.41, 5.74) is -1.15. The lowest BCUT2D eigenvalue weighted by Gasteiger charge is -2.21. The monoisotopic (exact) mass is 290 g/mol. The number of nitro groups is 1. The molecular formula is C14H14N2O5. The van der Waals surface area contributed by atoms with Crippen LogP contribution in [0.5, 0.6) is 0 Å². The van der Waals surface area contributed by atoms with Gasteiger partial charge in [-0.1, -0.05) is 0 Å². The van der Waals surface area contributed by atoms with E-state index in [0.717, 1.165) is 0 Å². The summed E-state index contributed by atoms with van der Waals surface area (Å²) in [6, 6.07) is 8.46. The first-order valence-corrected chi connectivity index (χ1v) is 6.19. The second kappa shape index (κ2) is 5.76. The van der Waals surface area contributed by atoms with Crippen molar-refractivity contribution in [1.82, 2.24) is 5.32 Å². The molecule has 2 rings (SSSR count). The second-order valence-corrected chi connectivity index (χ2v) is 4.74. The maximum Gasteiger partial charge on any atom is 0.269 e. The third-order valence-electron chi connectivity index (χ3n) is 2.99. The number of carbonyl (C=O) groups is 1. The van der Waals surface area contributed by atoms with E-state index >= 15 is 0 Å². The Morgan fingerprint density at radius 1 is 1.38 bits per heavy atom. The minimum Gasteiger partial charge on any atom is -0.466 e. The van der Waals surface area contributed by atoms with Crippen molar-refractivity contribution in [3.05, 3.63) is 64.1 Å². The van der Waals surface area contributed by atoms with Crippen LogP contribution in [0, 0.1) is 10.1 Å². The number of furan rings is 1. The summed E-state index contributed by atoms with van der Waals surface area (Å²) in [4.78, 5) is 21.9. The van der Waals surface area contributed by atoms with Gasteiger partial charge < -0.3 is 14.8 Å². The molecule has 1 aromatic carbocycles. The molecule has 21 heavy (non-hydrogen) atoms. The lowest BCUT2D eigenvalue weighted by atomic mass is 10.0. The molecule has 0 bridgehead atoms. The molecule has 1 heterocycles. The molecule has 0 saturated heterocycles. The van der Waals surface area contributed by atoms with Gasteiger partial charge in [0, 0.05) is 17.7 Å². The summed E-state index contributed by atoms with van der Waals surface area (Å²) in [5, 5.41) is 23.3. The van der Waals surface area contributed by atoms with Crippen LogP contribution in [0.1, 0.15) is 23.0 Å². The van der Waals surface area contributed by atoms with Gasteiger partial charge in [-0.25, -0.2) is 0 Å². The van der Waals surface area contributed by atoms with Gasteiger partial charge in [-0.3, -0.25) is 14.9 Å². The number of aliphatic hydroxyl groups is 1. The number of hydrogen-bond donors (Lipinski definition) is 2. The fourth-order valence-corrected chi connectivity index (χ4v) is 1.76. The smallest absolute Gasteiger partial charge is 0.269 e. The van der Waals surface area contributed by atoms with Crippen LogP contribution >= 0.6 is 0 Å². The normalized spacial score (nSPS) is 13.4. The SMILES string of the molecule is CC(O)(CNC(=O)c1ccc([N+](=O)[O-])cc1)c1ccco1. The molecule has 0 aliphatic rings. The van der Waals surface area contributed by atoms with Gasteiger partial charge in [-0.05, 0) is 31.2 Å². The molecule has 7 nitrogen and oxygen atoms in total. The van der Waals surface area contributed by atoms with E-state index in [1.165, 1.54) is 37.5 Å². The van der Waals surface area contributed by atoms with Gasteiger partial charge >= 0.3 is 0 Å². The third kappa shape index (κ3) is 3.46. The Morgan fingerprint density at radius 2 is 2.05 bits per heavy atom. The predicted molar refractivity (Wildman–Crippen MR) is 73.7 cm³/mol. The van der Waals surface area contributed by atoms with Gasteiger partial charge in [-0.2, -0.15) is 0 Å². The molecule has 1 aromatic heterocycles. The minimum atomic E-state index is -1.33. The number of nitro benzene ring substituents is 1. The van der Waals surface area contributed by atoms with Crippen molar-refractivity contribution in [2.24, 2.45) is 0 Å². The van der Waals surface area contributed by atoms with Crippen molar-refractivity contribution in [3.8, 4) is 0 Å². The summed E-state index contributed by atoms with van der Waals surface area (Å²) in [7, 11) is 0. The number of amides is 1. The Balaban J connectivity index is 2.00. The largest absolute Gasteiger partial charge is 0.466 e. The van der Waals surface area contributed by atoms with E-state index in [0.29, 0.717) is 5.76 Å². The average molecular weight is 290 g/mol. The average Bonchev–Trinajstić information content (AvgIpc) is 3.00. The second-order valence-electron chi connectivity index (χ2n) is 4.74. The van der Waals surface area contributed by atoms with Gasteiger partial charge in [0.25, 0.3) is 11.6 Å². The number of non-ortho nitro benzene ring substituents is 1. The quantitative estimate of drug-likeness (QED) is 0.645. The zero-order valence-electron chi connectivity index (χ0n) is 11.3. The van der Waals surface area contributed by atoms with Crippen LogP contribution in [-0.2, 0) is 5.60 Å². The van der Waals surface area contributed by atoms with Crippen molar-refractivity contribution in [3.63, 3.8) is 0 Å². The van der Waals surface area contributed by atoms with Crippen molar-refractivity contribution in [2.75, 3.05) is 6.54 Å². The van der Waals surface area contributed by atoms with E-state index in [-0.39, 0.29) is 17.8 Å². The van der Waals surface area contributed by atoms with Crippen LogP contribution in [0.25, 0.3) is 0 Å². The predicted octanol–water partition coefficient (Wildman–Crippen LogP) is 1.83. The van der Waals surface area contributed by atoms with Crippen LogP contribution in [0.15, 0.2) is 47.1 Å². The van der Waals surface area contributed by atoms with Gasteiger partial charge in [0.2, 0.25) is 0 Å². The van der Waals surface area contributed by atoms with Crippen LogP contribution < -0.4 is 5.32 Å². The molecular weight excluding hydrogens is 276 g/mol. The van der Waals surface area contributed by atoms with E-state index in [9.17, 15) is 20.0 Å². The maximum absolute atomic E-state index is 11.9. The molecule has 0 spiro atoms. The first-order chi connectivity index (χ1) is 9.90. The molecule has 0 aliphatic carbocycles. The van der Waals surface area contributed by atoms with Crippen LogP contribution in [0.2, 0.25) is 0 Å². The highest BCUT2D eigenvalue weighted by Gasteiger charge is 2.27. The fraction of sp³-hybridized carbons (Fsp3) is 0.214. The number of carbonyl (C=O) groups excluding carboxylic acids is 1. The Labute approximate surface area is 120 Å². The first kappa shape index (κ1) is 14.7. The van der Waals surface area contributed by atoms with E-state index in [1.54, 1.807) is 12.1 Å². The number of nitrogens with zero attached hydrogens (tertiary/aromatic N) is 1. The van der Waals surface area contributed by atoms with Gasteiger partial charge in [0.15, 0.2) is 0 Å². The molecule has 1 atom stereocenters. The zero-order chi connectivity index (χ0) is 15.5. The number of benzene rings is 1. The lowest BCUT2D eigenvalue weighted by Crippen LogP contribution is -2.38. The van der Waals surface area contributed by atoms with Crippen molar-refractivity contribution in [2.45, 2.75) is 12.5 Å². The lowest BCUT2D eigenvalue weighted by molar-refractivity contribution is -0.384. The molecule has 1 unspecified atom stereocenters. The Morgan fingerprint density at radius 3 is 2.57 bits per heavy atom. The topological polar surface area (TPSA) is 106 Å². The molecule has 1 amide bonds. The Kier molecular flexibility index (Phi) is 4.04. The Hall–Kier alpha value is -2.67. The minimum absolute atomic E-state index is 0.0453. The fourth-order valence-electron chi connectivity index (χ4n) is 1.76. The molecule has 7 heteroatoms. The summed E-state index contributed by atoms with van der Waals surface area (Å²) >= 11 is 0. The van der Waals surface area contributed by atoms with Crippen LogP contribution in [0.4, 0.5) is 5.69 Å². The summed E-state index contributed by atoms with van der Waals surface area (Å²) < 4.78 is 5.10. The molecule has 110 valence electrons. The van der Waals surface area contributed by atoms with Gasteiger partial charge in [0.05, 0.1) is 17.7 Å². The van der Waals surface area contributed by atoms with Crippen molar-refractivity contribution in [1.29, 1.82) is 0 Å². The number of hydrogen-bond acceptors (Lipinski definition) is 5. The molecule has 0 aliphatic heterocycles. The van der Waals surface area contributed by atoms with Crippen molar-refractivity contribution < 1.29 is 19.2 Å². The highest BCUT2D eigenvalue weighted by molar-refractivity contribution is 5.94. The van der Waals surface area contributed by atoms with Gasteiger partial charge in [-0.15, -0.1) is 0 Å².